The van der Waals surface area contributed by atoms with Crippen LogP contribution in [0.2, 0.25) is 0 Å². The highest BCUT2D eigenvalue weighted by Gasteiger charge is 2.20. The predicted octanol–water partition coefficient (Wildman–Crippen LogP) is 13.8. The van der Waals surface area contributed by atoms with Crippen LogP contribution in [0, 0.1) is 0 Å². The van der Waals surface area contributed by atoms with E-state index in [4.69, 9.17) is 4.42 Å². The van der Waals surface area contributed by atoms with Gasteiger partial charge in [-0.2, -0.15) is 0 Å². The minimum absolute atomic E-state index is 0.103. The Hall–Kier alpha value is -6.64. The van der Waals surface area contributed by atoms with E-state index < -0.39 is 0 Å². The SMILES string of the molecule is [2H]c1c([2H])c(N(c2ccc(-c3ccc4ccccc4c3)cc2)c2cccc3oc4c5ccccc5ccc4c23)c([2H])c([2H])c1-c1ccc2ccccc2c1. The van der Waals surface area contributed by atoms with Crippen LogP contribution in [-0.2, 0) is 0 Å². The second kappa shape index (κ2) is 11.5. The molecule has 1 aromatic heterocycles. The maximum atomic E-state index is 9.55. The Bertz CT molecular complexity index is 3080. The third-order valence-corrected chi connectivity index (χ3v) is 9.69. The molecule has 0 amide bonds. The molecule has 2 nitrogen and oxygen atoms in total. The fourth-order valence-electron chi connectivity index (χ4n) is 7.19. The molecule has 0 unspecified atom stereocenters. The molecule has 0 spiro atoms. The van der Waals surface area contributed by atoms with Crippen LogP contribution in [0.3, 0.4) is 0 Å². The highest BCUT2D eigenvalue weighted by atomic mass is 16.3. The summed E-state index contributed by atoms with van der Waals surface area (Å²) >= 11 is 0. The molecule has 0 N–H and O–H groups in total. The van der Waals surface area contributed by atoms with Gasteiger partial charge in [-0.1, -0.05) is 133 Å². The molecule has 0 aliphatic rings. The molecule has 0 aliphatic heterocycles. The Labute approximate surface area is 295 Å². The number of nitrogens with zero attached hydrogens (tertiary/aromatic N) is 1. The molecule has 50 heavy (non-hydrogen) atoms. The van der Waals surface area contributed by atoms with E-state index in [1.807, 2.05) is 114 Å². The minimum atomic E-state index is -0.131. The summed E-state index contributed by atoms with van der Waals surface area (Å²) in [6.45, 7) is 0. The zero-order chi connectivity index (χ0) is 36.5. The van der Waals surface area contributed by atoms with Crippen LogP contribution >= 0.6 is 0 Å². The van der Waals surface area contributed by atoms with Gasteiger partial charge in [0.15, 0.2) is 0 Å². The summed E-state index contributed by atoms with van der Waals surface area (Å²) in [6, 6.07) is 54.1. The van der Waals surface area contributed by atoms with Crippen molar-refractivity contribution in [2.24, 2.45) is 0 Å². The van der Waals surface area contributed by atoms with Crippen molar-refractivity contribution < 1.29 is 9.90 Å². The summed E-state index contributed by atoms with van der Waals surface area (Å²) in [6.07, 6.45) is 0. The van der Waals surface area contributed by atoms with Crippen molar-refractivity contribution in [2.75, 3.05) is 4.90 Å². The second-order valence-electron chi connectivity index (χ2n) is 12.6. The van der Waals surface area contributed by atoms with E-state index in [0.717, 1.165) is 54.4 Å². The molecule has 1 heterocycles. The summed E-state index contributed by atoms with van der Waals surface area (Å²) in [5.41, 5.74) is 5.98. The third kappa shape index (κ3) is 4.73. The molecule has 0 atom stereocenters. The van der Waals surface area contributed by atoms with Gasteiger partial charge in [0.1, 0.15) is 11.2 Å². The van der Waals surface area contributed by atoms with Crippen LogP contribution in [0.15, 0.2) is 192 Å². The summed E-state index contributed by atoms with van der Waals surface area (Å²) in [5.74, 6) is 0. The molecule has 0 bridgehead atoms. The minimum Gasteiger partial charge on any atom is -0.455 e. The average molecular weight is 642 g/mol. The van der Waals surface area contributed by atoms with Gasteiger partial charge in [0.25, 0.3) is 0 Å². The van der Waals surface area contributed by atoms with Crippen LogP contribution in [0.1, 0.15) is 5.48 Å². The first kappa shape index (κ1) is 24.5. The molecule has 10 rings (SSSR count). The number of fused-ring (bicyclic) bond motifs is 7. The quantitative estimate of drug-likeness (QED) is 0.186. The summed E-state index contributed by atoms with van der Waals surface area (Å²) < 4.78 is 44.4. The first-order chi connectivity index (χ1) is 26.4. The molecular formula is C48H31NO. The molecule has 9 aromatic carbocycles. The average Bonchev–Trinajstić information content (AvgIpc) is 3.62. The molecule has 0 fully saturated rings. The first-order valence-electron chi connectivity index (χ1n) is 18.8. The van der Waals surface area contributed by atoms with Crippen LogP contribution < -0.4 is 4.90 Å². The van der Waals surface area contributed by atoms with Crippen LogP contribution in [0.4, 0.5) is 17.1 Å². The molecule has 234 valence electrons. The van der Waals surface area contributed by atoms with Crippen LogP contribution in [0.5, 0.6) is 0 Å². The summed E-state index contributed by atoms with van der Waals surface area (Å²) in [5, 5.41) is 8.12. The Balaban J connectivity index is 1.21. The van der Waals surface area contributed by atoms with Crippen molar-refractivity contribution >= 4 is 71.3 Å². The largest absolute Gasteiger partial charge is 0.455 e. The monoisotopic (exact) mass is 641 g/mol. The number of anilines is 3. The van der Waals surface area contributed by atoms with Crippen molar-refractivity contribution in [1.82, 2.24) is 0 Å². The van der Waals surface area contributed by atoms with Crippen molar-refractivity contribution in [1.29, 1.82) is 0 Å². The van der Waals surface area contributed by atoms with E-state index >= 15 is 0 Å². The van der Waals surface area contributed by atoms with E-state index in [1.165, 1.54) is 5.39 Å². The molecule has 2 heteroatoms. The van der Waals surface area contributed by atoms with Crippen molar-refractivity contribution in [2.45, 2.75) is 0 Å². The second-order valence-corrected chi connectivity index (χ2v) is 12.6. The number of furan rings is 1. The number of benzene rings is 9. The van der Waals surface area contributed by atoms with Crippen molar-refractivity contribution in [3.63, 3.8) is 0 Å². The zero-order valence-electron chi connectivity index (χ0n) is 30.9. The molecule has 0 saturated carbocycles. The highest BCUT2D eigenvalue weighted by Crippen LogP contribution is 2.45. The van der Waals surface area contributed by atoms with Gasteiger partial charge in [-0.05, 0) is 104 Å². The maximum Gasteiger partial charge on any atom is 0.143 e. The lowest BCUT2D eigenvalue weighted by Gasteiger charge is -2.26. The van der Waals surface area contributed by atoms with Gasteiger partial charge in [-0.25, -0.2) is 0 Å². The van der Waals surface area contributed by atoms with Gasteiger partial charge in [0.05, 0.1) is 16.6 Å². The molecule has 10 aromatic rings. The number of rotatable bonds is 5. The van der Waals surface area contributed by atoms with Crippen molar-refractivity contribution in [3.05, 3.63) is 188 Å². The van der Waals surface area contributed by atoms with Gasteiger partial charge in [-0.15, -0.1) is 0 Å². The topological polar surface area (TPSA) is 16.4 Å². The van der Waals surface area contributed by atoms with Gasteiger partial charge in [-0.3, -0.25) is 0 Å². The fourth-order valence-corrected chi connectivity index (χ4v) is 7.19. The van der Waals surface area contributed by atoms with E-state index in [9.17, 15) is 5.48 Å². The lowest BCUT2D eigenvalue weighted by atomic mass is 9.99. The zero-order valence-corrected chi connectivity index (χ0v) is 26.9. The lowest BCUT2D eigenvalue weighted by Crippen LogP contribution is -2.10. The van der Waals surface area contributed by atoms with E-state index in [1.54, 1.807) is 0 Å². The van der Waals surface area contributed by atoms with Crippen molar-refractivity contribution in [3.8, 4) is 22.3 Å². The molecule has 0 radical (unpaired) electrons. The third-order valence-electron chi connectivity index (χ3n) is 9.69. The van der Waals surface area contributed by atoms with E-state index in [0.29, 0.717) is 22.5 Å². The van der Waals surface area contributed by atoms with Crippen LogP contribution in [-0.4, -0.2) is 0 Å². The molecule has 0 saturated heterocycles. The molecular weight excluding hydrogens is 607 g/mol. The smallest absolute Gasteiger partial charge is 0.143 e. The fraction of sp³-hybridized carbons (Fsp3) is 0. The van der Waals surface area contributed by atoms with Crippen LogP contribution in [0.25, 0.3) is 76.5 Å². The standard InChI is InChI=1S/C48H31NO/c1-3-11-37-30-39(18-16-32(37)8-1)34-20-25-41(26-21-34)49(42-27-22-35(23-28-42)40-19-17-33-9-2-4-12-38(33)31-40)45-14-7-15-46-47(45)44-29-24-36-10-5-6-13-43(36)48(44)50-46/h1-31H/i20D,21D,25D,26D. The summed E-state index contributed by atoms with van der Waals surface area (Å²) in [7, 11) is 0. The van der Waals surface area contributed by atoms with Gasteiger partial charge < -0.3 is 9.32 Å². The number of hydrogen-bond donors (Lipinski definition) is 0. The van der Waals surface area contributed by atoms with Gasteiger partial charge in [0.2, 0.25) is 0 Å². The Morgan fingerprint density at radius 2 is 0.980 bits per heavy atom. The lowest BCUT2D eigenvalue weighted by molar-refractivity contribution is 0.672. The first-order valence-corrected chi connectivity index (χ1v) is 16.8. The number of hydrogen-bond acceptors (Lipinski definition) is 2. The van der Waals surface area contributed by atoms with Gasteiger partial charge >= 0.3 is 0 Å². The Morgan fingerprint density at radius 1 is 0.400 bits per heavy atom. The summed E-state index contributed by atoms with van der Waals surface area (Å²) in [4.78, 5) is 1.86. The normalized spacial score (nSPS) is 12.7. The van der Waals surface area contributed by atoms with Gasteiger partial charge in [0, 0.05) is 22.1 Å². The van der Waals surface area contributed by atoms with E-state index in [-0.39, 0.29) is 35.4 Å². The highest BCUT2D eigenvalue weighted by molar-refractivity contribution is 6.19. The Morgan fingerprint density at radius 3 is 1.68 bits per heavy atom. The Kier molecular flexibility index (Phi) is 5.64. The van der Waals surface area contributed by atoms with E-state index in [2.05, 4.69) is 54.6 Å². The maximum absolute atomic E-state index is 9.55. The predicted molar refractivity (Wildman–Crippen MR) is 212 cm³/mol. The molecule has 0 aliphatic carbocycles.